The molecule has 160 valence electrons. The predicted octanol–water partition coefficient (Wildman–Crippen LogP) is 5.99. The lowest BCUT2D eigenvalue weighted by Gasteiger charge is -2.04. The van der Waals surface area contributed by atoms with E-state index < -0.39 is 5.91 Å². The number of aryl methyl sites for hydroxylation is 2. The molecule has 2 aromatic heterocycles. The number of hydrogen-bond acceptors (Lipinski definition) is 4. The van der Waals surface area contributed by atoms with Crippen molar-refractivity contribution in [2.24, 2.45) is 5.73 Å². The van der Waals surface area contributed by atoms with Gasteiger partial charge in [0.15, 0.2) is 0 Å². The van der Waals surface area contributed by atoms with Crippen LogP contribution in [-0.4, -0.2) is 11.8 Å². The molecule has 0 saturated carbocycles. The minimum Gasteiger partial charge on any atom is -0.457 e. The zero-order chi connectivity index (χ0) is 22.0. The maximum absolute atomic E-state index is 12.5. The number of thiophene rings is 1. The van der Waals surface area contributed by atoms with Crippen molar-refractivity contribution in [1.82, 2.24) is 0 Å². The highest BCUT2D eigenvalue weighted by molar-refractivity contribution is 7.17. The van der Waals surface area contributed by atoms with Crippen molar-refractivity contribution >= 4 is 45.8 Å². The summed E-state index contributed by atoms with van der Waals surface area (Å²) < 4.78 is 5.81. The average molecular weight is 455 g/mol. The zero-order valence-electron chi connectivity index (χ0n) is 17.2. The van der Waals surface area contributed by atoms with Crippen LogP contribution in [0.2, 0.25) is 5.02 Å². The highest BCUT2D eigenvalue weighted by Crippen LogP contribution is 2.37. The lowest BCUT2D eigenvalue weighted by Crippen LogP contribution is -2.16. The molecule has 3 aromatic rings. The van der Waals surface area contributed by atoms with Crippen LogP contribution in [0, 0.1) is 6.92 Å². The van der Waals surface area contributed by atoms with Crippen molar-refractivity contribution in [3.8, 4) is 11.3 Å². The highest BCUT2D eigenvalue weighted by atomic mass is 35.5. The van der Waals surface area contributed by atoms with Gasteiger partial charge in [-0.25, -0.2) is 0 Å². The van der Waals surface area contributed by atoms with E-state index in [4.69, 9.17) is 21.8 Å². The van der Waals surface area contributed by atoms with Crippen molar-refractivity contribution in [3.05, 3.63) is 68.8 Å². The standard InChI is InChI=1S/C24H23ClN2O3S/c1-14-7-8-15(13-18(14)25)19-11-9-16(30-19)10-12-21(28)27-24-22(23(26)29)17-5-3-2-4-6-20(17)31-24/h7-13H,2-6H2,1H3,(H2,26,29)(H,27,28)/b12-10+. The van der Waals surface area contributed by atoms with Gasteiger partial charge in [-0.2, -0.15) is 0 Å². The van der Waals surface area contributed by atoms with Crippen LogP contribution < -0.4 is 11.1 Å². The number of amides is 2. The Labute approximate surface area is 189 Å². The molecular formula is C24H23ClN2O3S. The van der Waals surface area contributed by atoms with Crippen LogP contribution >= 0.6 is 22.9 Å². The number of hydrogen-bond donors (Lipinski definition) is 2. The van der Waals surface area contributed by atoms with E-state index in [1.807, 2.05) is 31.2 Å². The van der Waals surface area contributed by atoms with Gasteiger partial charge < -0.3 is 15.5 Å². The van der Waals surface area contributed by atoms with E-state index in [2.05, 4.69) is 5.32 Å². The molecule has 7 heteroatoms. The van der Waals surface area contributed by atoms with E-state index in [1.165, 1.54) is 17.4 Å². The van der Waals surface area contributed by atoms with Crippen molar-refractivity contribution < 1.29 is 14.0 Å². The van der Waals surface area contributed by atoms with E-state index in [-0.39, 0.29) is 5.91 Å². The maximum atomic E-state index is 12.5. The summed E-state index contributed by atoms with van der Waals surface area (Å²) in [4.78, 5) is 25.7. The molecule has 0 saturated heterocycles. The Hall–Kier alpha value is -2.83. The first-order valence-corrected chi connectivity index (χ1v) is 11.4. The van der Waals surface area contributed by atoms with Gasteiger partial charge in [0, 0.05) is 21.5 Å². The molecule has 0 unspecified atom stereocenters. The smallest absolute Gasteiger partial charge is 0.251 e. The molecule has 31 heavy (non-hydrogen) atoms. The van der Waals surface area contributed by atoms with Gasteiger partial charge >= 0.3 is 0 Å². The van der Waals surface area contributed by atoms with Crippen LogP contribution in [0.5, 0.6) is 0 Å². The number of benzene rings is 1. The average Bonchev–Trinajstić information content (AvgIpc) is 3.27. The molecule has 0 bridgehead atoms. The fourth-order valence-corrected chi connectivity index (χ4v) is 5.22. The number of furan rings is 1. The summed E-state index contributed by atoms with van der Waals surface area (Å²) in [5.74, 6) is 0.375. The van der Waals surface area contributed by atoms with Crippen molar-refractivity contribution in [1.29, 1.82) is 0 Å². The summed E-state index contributed by atoms with van der Waals surface area (Å²) in [6, 6.07) is 9.34. The first-order chi connectivity index (χ1) is 14.9. The summed E-state index contributed by atoms with van der Waals surface area (Å²) in [7, 11) is 0. The summed E-state index contributed by atoms with van der Waals surface area (Å²) >= 11 is 7.65. The van der Waals surface area contributed by atoms with Crippen molar-refractivity contribution in [2.75, 3.05) is 5.32 Å². The number of carbonyl (C=O) groups is 2. The molecule has 0 fully saturated rings. The Morgan fingerprint density at radius 2 is 1.97 bits per heavy atom. The van der Waals surface area contributed by atoms with E-state index in [0.29, 0.717) is 27.1 Å². The normalized spacial score (nSPS) is 13.7. The van der Waals surface area contributed by atoms with Gasteiger partial charge in [0.05, 0.1) is 5.56 Å². The third-order valence-electron chi connectivity index (χ3n) is 5.39. The number of fused-ring (bicyclic) bond motifs is 1. The van der Waals surface area contributed by atoms with E-state index >= 15 is 0 Å². The van der Waals surface area contributed by atoms with E-state index in [1.54, 1.807) is 12.1 Å². The molecular weight excluding hydrogens is 432 g/mol. The Bertz CT molecular complexity index is 1180. The second kappa shape index (κ2) is 9.12. The van der Waals surface area contributed by atoms with E-state index in [0.717, 1.165) is 53.7 Å². The molecule has 0 atom stereocenters. The second-order valence-electron chi connectivity index (χ2n) is 7.62. The van der Waals surface area contributed by atoms with Crippen LogP contribution in [0.15, 0.2) is 40.8 Å². The zero-order valence-corrected chi connectivity index (χ0v) is 18.7. The van der Waals surface area contributed by atoms with Gasteiger partial charge in [-0.05, 0) is 68.0 Å². The van der Waals surface area contributed by atoms with Crippen LogP contribution in [0.3, 0.4) is 0 Å². The van der Waals surface area contributed by atoms with Gasteiger partial charge in [-0.1, -0.05) is 30.2 Å². The van der Waals surface area contributed by atoms with Crippen LogP contribution in [0.25, 0.3) is 17.4 Å². The number of halogens is 1. The van der Waals surface area contributed by atoms with Crippen molar-refractivity contribution in [2.45, 2.75) is 39.0 Å². The van der Waals surface area contributed by atoms with Gasteiger partial charge in [0.1, 0.15) is 16.5 Å². The lowest BCUT2D eigenvalue weighted by molar-refractivity contribution is -0.111. The minimum atomic E-state index is -0.494. The SMILES string of the molecule is Cc1ccc(-c2ccc(/C=C/C(=O)Nc3sc4c(c3C(N)=O)CCCCC4)o2)cc1Cl. The van der Waals surface area contributed by atoms with Gasteiger partial charge in [0.2, 0.25) is 5.91 Å². The highest BCUT2D eigenvalue weighted by Gasteiger charge is 2.23. The fourth-order valence-electron chi connectivity index (χ4n) is 3.75. The van der Waals surface area contributed by atoms with E-state index in [9.17, 15) is 9.59 Å². The number of carbonyl (C=O) groups excluding carboxylic acids is 2. The summed E-state index contributed by atoms with van der Waals surface area (Å²) in [5.41, 5.74) is 8.95. The Morgan fingerprint density at radius 1 is 1.16 bits per heavy atom. The minimum absolute atomic E-state index is 0.338. The lowest BCUT2D eigenvalue weighted by atomic mass is 10.1. The van der Waals surface area contributed by atoms with Gasteiger partial charge in [0.25, 0.3) is 5.91 Å². The number of nitrogens with one attached hydrogen (secondary N) is 1. The first-order valence-electron chi connectivity index (χ1n) is 10.2. The number of anilines is 1. The van der Waals surface area contributed by atoms with Crippen LogP contribution in [0.1, 0.15) is 51.4 Å². The molecule has 5 nitrogen and oxygen atoms in total. The number of rotatable bonds is 5. The third-order valence-corrected chi connectivity index (χ3v) is 7.00. The molecule has 0 spiro atoms. The molecule has 2 amide bonds. The molecule has 1 aromatic carbocycles. The molecule has 3 N–H and O–H groups in total. The van der Waals surface area contributed by atoms with Crippen LogP contribution in [0.4, 0.5) is 5.00 Å². The number of primary amides is 1. The summed E-state index contributed by atoms with van der Waals surface area (Å²) in [5, 5.41) is 4.03. The van der Waals surface area contributed by atoms with Crippen LogP contribution in [-0.2, 0) is 17.6 Å². The van der Waals surface area contributed by atoms with Gasteiger partial charge in [-0.3, -0.25) is 9.59 Å². The molecule has 0 radical (unpaired) electrons. The Balaban J connectivity index is 1.49. The van der Waals surface area contributed by atoms with Crippen molar-refractivity contribution in [3.63, 3.8) is 0 Å². The molecule has 1 aliphatic rings. The quantitative estimate of drug-likeness (QED) is 0.366. The fraction of sp³-hybridized carbons (Fsp3) is 0.250. The maximum Gasteiger partial charge on any atom is 0.251 e. The summed E-state index contributed by atoms with van der Waals surface area (Å²) in [6.45, 7) is 1.94. The largest absolute Gasteiger partial charge is 0.457 e. The second-order valence-corrected chi connectivity index (χ2v) is 9.13. The molecule has 4 rings (SSSR count). The Morgan fingerprint density at radius 3 is 2.74 bits per heavy atom. The predicted molar refractivity (Wildman–Crippen MR) is 126 cm³/mol. The van der Waals surface area contributed by atoms with Gasteiger partial charge in [-0.15, -0.1) is 11.3 Å². The molecule has 2 heterocycles. The first kappa shape index (κ1) is 21.4. The third kappa shape index (κ3) is 4.75. The Kier molecular flexibility index (Phi) is 6.30. The molecule has 1 aliphatic carbocycles. The monoisotopic (exact) mass is 454 g/mol. The number of nitrogens with two attached hydrogens (primary N) is 1. The summed E-state index contributed by atoms with van der Waals surface area (Å²) in [6.07, 6.45) is 8.00. The molecule has 0 aliphatic heterocycles. The topological polar surface area (TPSA) is 85.3 Å².